The molecule has 1 aromatic heterocycles. The Kier molecular flexibility index (Phi) is 5.85. The first kappa shape index (κ1) is 18.5. The highest BCUT2D eigenvalue weighted by molar-refractivity contribution is 6.44. The van der Waals surface area contributed by atoms with Crippen molar-refractivity contribution >= 4 is 40.6 Å². The van der Waals surface area contributed by atoms with E-state index in [1.54, 1.807) is 24.5 Å². The number of nitrogens with one attached hydrogen (secondary N) is 1. The third-order valence-corrected chi connectivity index (χ3v) is 5.25. The van der Waals surface area contributed by atoms with E-state index in [0.29, 0.717) is 21.4 Å². The number of rotatable bonds is 5. The van der Waals surface area contributed by atoms with Gasteiger partial charge in [-0.1, -0.05) is 34.8 Å². The lowest BCUT2D eigenvalue weighted by atomic mass is 9.95. The van der Waals surface area contributed by atoms with Crippen LogP contribution in [0.3, 0.4) is 0 Å². The number of carbonyl (C=O) groups excluding carboxylic acids is 1. The average Bonchev–Trinajstić information content (AvgIpc) is 3.09. The molecule has 2 atom stereocenters. The second-order valence-electron chi connectivity index (χ2n) is 6.02. The molecule has 1 saturated heterocycles. The molecule has 0 unspecified atom stereocenters. The van der Waals surface area contributed by atoms with Crippen molar-refractivity contribution in [3.05, 3.63) is 56.8 Å². The Balaban J connectivity index is 2.01. The number of ether oxygens (including phenoxy) is 1. The average molecular weight is 400 g/mol. The molecule has 1 N–H and O–H groups in total. The van der Waals surface area contributed by atoms with Crippen molar-refractivity contribution < 1.29 is 9.53 Å². The van der Waals surface area contributed by atoms with Gasteiger partial charge in [0, 0.05) is 30.4 Å². The van der Waals surface area contributed by atoms with Crippen molar-refractivity contribution in [1.82, 2.24) is 10.3 Å². The maximum absolute atomic E-state index is 12.1. The van der Waals surface area contributed by atoms with Crippen LogP contribution in [0.15, 0.2) is 30.6 Å². The standard InChI is InChI=1S/C18H17Cl3N2O2/c1-10(24)16-15(3-2-14(20)17(16)21)25-18(11-4-5-22-7-11)12-6-13(19)9-23-8-12/h2-3,6,8-9,11,18,22H,4-5,7H2,1H3/t11-,18+/m1/s1. The summed E-state index contributed by atoms with van der Waals surface area (Å²) in [5.74, 6) is 0.448. The highest BCUT2D eigenvalue weighted by Crippen LogP contribution is 2.38. The van der Waals surface area contributed by atoms with Gasteiger partial charge in [-0.2, -0.15) is 0 Å². The first-order valence-corrected chi connectivity index (χ1v) is 9.07. The number of ketones is 1. The van der Waals surface area contributed by atoms with Crippen molar-refractivity contribution in [2.24, 2.45) is 5.92 Å². The molecule has 1 aliphatic rings. The van der Waals surface area contributed by atoms with Crippen molar-refractivity contribution in [3.63, 3.8) is 0 Å². The Labute approximate surface area is 161 Å². The van der Waals surface area contributed by atoms with Crippen LogP contribution in [-0.2, 0) is 0 Å². The highest BCUT2D eigenvalue weighted by atomic mass is 35.5. The van der Waals surface area contributed by atoms with Crippen LogP contribution in [0, 0.1) is 5.92 Å². The van der Waals surface area contributed by atoms with Crippen LogP contribution < -0.4 is 10.1 Å². The Morgan fingerprint density at radius 1 is 1.32 bits per heavy atom. The number of benzene rings is 1. The monoisotopic (exact) mass is 398 g/mol. The van der Waals surface area contributed by atoms with E-state index in [4.69, 9.17) is 39.5 Å². The highest BCUT2D eigenvalue weighted by Gasteiger charge is 2.30. The summed E-state index contributed by atoms with van der Waals surface area (Å²) in [6.45, 7) is 3.17. The fraction of sp³-hybridized carbons (Fsp3) is 0.333. The van der Waals surface area contributed by atoms with E-state index in [9.17, 15) is 4.79 Å². The molecule has 1 fully saturated rings. The molecule has 25 heavy (non-hydrogen) atoms. The topological polar surface area (TPSA) is 51.2 Å². The van der Waals surface area contributed by atoms with Crippen molar-refractivity contribution in [3.8, 4) is 5.75 Å². The van der Waals surface area contributed by atoms with Gasteiger partial charge in [-0.05, 0) is 38.1 Å². The summed E-state index contributed by atoms with van der Waals surface area (Å²) in [7, 11) is 0. The van der Waals surface area contributed by atoms with Gasteiger partial charge in [0.1, 0.15) is 11.9 Å². The van der Waals surface area contributed by atoms with Gasteiger partial charge in [-0.3, -0.25) is 9.78 Å². The van der Waals surface area contributed by atoms with E-state index in [1.165, 1.54) is 6.92 Å². The van der Waals surface area contributed by atoms with E-state index >= 15 is 0 Å². The number of Topliss-reactive ketones (excluding diaryl/α,β-unsaturated/α-hetero) is 1. The lowest BCUT2D eigenvalue weighted by molar-refractivity contribution is 0.0997. The van der Waals surface area contributed by atoms with Crippen LogP contribution in [0.4, 0.5) is 0 Å². The molecule has 132 valence electrons. The second kappa shape index (κ2) is 7.92. The molecule has 4 nitrogen and oxygen atoms in total. The number of aromatic nitrogens is 1. The largest absolute Gasteiger partial charge is 0.485 e. The third-order valence-electron chi connectivity index (χ3n) is 4.24. The molecule has 7 heteroatoms. The molecule has 0 spiro atoms. The third kappa shape index (κ3) is 4.09. The molecule has 0 radical (unpaired) electrons. The van der Waals surface area contributed by atoms with E-state index in [-0.39, 0.29) is 22.8 Å². The number of hydrogen-bond acceptors (Lipinski definition) is 4. The molecule has 0 amide bonds. The van der Waals surface area contributed by atoms with Crippen molar-refractivity contribution in [2.45, 2.75) is 19.4 Å². The van der Waals surface area contributed by atoms with Crippen LogP contribution in [0.25, 0.3) is 0 Å². The van der Waals surface area contributed by atoms with E-state index in [1.807, 2.05) is 6.07 Å². The maximum Gasteiger partial charge on any atom is 0.165 e. The van der Waals surface area contributed by atoms with Crippen LogP contribution in [0.1, 0.15) is 35.4 Å². The molecule has 1 aromatic carbocycles. The normalized spacial score (nSPS) is 18.2. The van der Waals surface area contributed by atoms with Crippen molar-refractivity contribution in [1.29, 1.82) is 0 Å². The van der Waals surface area contributed by atoms with Gasteiger partial charge in [0.05, 0.1) is 20.6 Å². The zero-order valence-electron chi connectivity index (χ0n) is 13.6. The first-order valence-electron chi connectivity index (χ1n) is 7.94. The molecular weight excluding hydrogens is 383 g/mol. The summed E-state index contributed by atoms with van der Waals surface area (Å²) >= 11 is 18.4. The Morgan fingerprint density at radius 2 is 2.12 bits per heavy atom. The Morgan fingerprint density at radius 3 is 2.76 bits per heavy atom. The summed E-state index contributed by atoms with van der Waals surface area (Å²) in [4.78, 5) is 16.2. The van der Waals surface area contributed by atoms with Crippen LogP contribution in [0.2, 0.25) is 15.1 Å². The molecular formula is C18H17Cl3N2O2. The van der Waals surface area contributed by atoms with Crippen molar-refractivity contribution in [2.75, 3.05) is 13.1 Å². The zero-order chi connectivity index (χ0) is 18.0. The van der Waals surface area contributed by atoms with Gasteiger partial charge in [-0.15, -0.1) is 0 Å². The van der Waals surface area contributed by atoms with Crippen LogP contribution >= 0.6 is 34.8 Å². The summed E-state index contributed by atoms with van der Waals surface area (Å²) in [5.41, 5.74) is 1.15. The molecule has 2 heterocycles. The number of halogens is 3. The predicted molar refractivity (Wildman–Crippen MR) is 100 cm³/mol. The molecule has 3 rings (SSSR count). The first-order chi connectivity index (χ1) is 12.0. The fourth-order valence-corrected chi connectivity index (χ4v) is 3.68. The molecule has 1 aliphatic heterocycles. The maximum atomic E-state index is 12.1. The number of hydrogen-bond donors (Lipinski definition) is 1. The summed E-state index contributed by atoms with van der Waals surface area (Å²) in [5, 5.41) is 4.40. The minimum atomic E-state index is -0.295. The van der Waals surface area contributed by atoms with Crippen LogP contribution in [-0.4, -0.2) is 23.9 Å². The Hall–Kier alpha value is -1.33. The molecule has 0 bridgehead atoms. The minimum absolute atomic E-state index is 0.199. The van der Waals surface area contributed by atoms with Crippen LogP contribution in [0.5, 0.6) is 5.75 Å². The van der Waals surface area contributed by atoms with E-state index in [2.05, 4.69) is 10.3 Å². The predicted octanol–water partition coefficient (Wildman–Crippen LogP) is 4.97. The van der Waals surface area contributed by atoms with E-state index < -0.39 is 0 Å². The second-order valence-corrected chi connectivity index (χ2v) is 7.24. The summed E-state index contributed by atoms with van der Waals surface area (Å²) in [6.07, 6.45) is 3.97. The quantitative estimate of drug-likeness (QED) is 0.721. The minimum Gasteiger partial charge on any atom is -0.485 e. The molecule has 0 saturated carbocycles. The molecule has 0 aliphatic carbocycles. The number of carbonyl (C=O) groups is 1. The van der Waals surface area contributed by atoms with Gasteiger partial charge < -0.3 is 10.1 Å². The van der Waals surface area contributed by atoms with Gasteiger partial charge in [0.2, 0.25) is 0 Å². The fourth-order valence-electron chi connectivity index (χ4n) is 3.05. The van der Waals surface area contributed by atoms with Gasteiger partial charge >= 0.3 is 0 Å². The number of nitrogens with zero attached hydrogens (tertiary/aromatic N) is 1. The smallest absolute Gasteiger partial charge is 0.165 e. The lowest BCUT2D eigenvalue weighted by Crippen LogP contribution is -2.22. The Bertz CT molecular complexity index is 792. The SMILES string of the molecule is CC(=O)c1c(O[C@H](c2cncc(Cl)c2)[C@@H]2CCNC2)ccc(Cl)c1Cl. The summed E-state index contributed by atoms with van der Waals surface area (Å²) in [6, 6.07) is 5.15. The van der Waals surface area contributed by atoms with Gasteiger partial charge in [-0.25, -0.2) is 0 Å². The van der Waals surface area contributed by atoms with E-state index in [0.717, 1.165) is 25.1 Å². The lowest BCUT2D eigenvalue weighted by Gasteiger charge is -2.26. The van der Waals surface area contributed by atoms with Gasteiger partial charge in [0.25, 0.3) is 0 Å². The zero-order valence-corrected chi connectivity index (χ0v) is 15.8. The van der Waals surface area contributed by atoms with Gasteiger partial charge in [0.15, 0.2) is 5.78 Å². The summed E-state index contributed by atoms with van der Waals surface area (Å²) < 4.78 is 6.27. The molecule has 2 aromatic rings. The number of pyridine rings is 1.